The molecule has 0 saturated heterocycles. The van der Waals surface area contributed by atoms with E-state index in [0.717, 1.165) is 18.8 Å². The van der Waals surface area contributed by atoms with Gasteiger partial charge < -0.3 is 11.1 Å². The summed E-state index contributed by atoms with van der Waals surface area (Å²) in [5.41, 5.74) is 5.33. The standard InChI is InChI=1S/C6H13N5/c1-11-6(5-9-10-11)8-4-2-3-7/h5,8H,2-4,7H2,1H3. The van der Waals surface area contributed by atoms with Crippen LogP contribution in [0, 0.1) is 0 Å². The van der Waals surface area contributed by atoms with Crippen molar-refractivity contribution >= 4 is 5.82 Å². The second kappa shape index (κ2) is 3.92. The van der Waals surface area contributed by atoms with E-state index >= 15 is 0 Å². The summed E-state index contributed by atoms with van der Waals surface area (Å²) in [6.07, 6.45) is 2.65. The van der Waals surface area contributed by atoms with Crippen LogP contribution < -0.4 is 11.1 Å². The first-order valence-corrected chi connectivity index (χ1v) is 3.63. The average molecular weight is 155 g/mol. The first kappa shape index (κ1) is 8.00. The lowest BCUT2D eigenvalue weighted by Gasteiger charge is -2.02. The molecule has 0 radical (unpaired) electrons. The molecule has 0 unspecified atom stereocenters. The monoisotopic (exact) mass is 155 g/mol. The minimum Gasteiger partial charge on any atom is -0.369 e. The Morgan fingerprint density at radius 1 is 1.73 bits per heavy atom. The minimum atomic E-state index is 0.707. The van der Waals surface area contributed by atoms with Crippen molar-refractivity contribution < 1.29 is 0 Å². The van der Waals surface area contributed by atoms with Gasteiger partial charge in [-0.2, -0.15) is 0 Å². The molecule has 11 heavy (non-hydrogen) atoms. The van der Waals surface area contributed by atoms with Crippen LogP contribution in [0.15, 0.2) is 6.20 Å². The Bertz CT molecular complexity index is 206. The third-order valence-corrected chi connectivity index (χ3v) is 1.40. The van der Waals surface area contributed by atoms with Crippen molar-refractivity contribution in [3.05, 3.63) is 6.20 Å². The molecule has 3 N–H and O–H groups in total. The van der Waals surface area contributed by atoms with Gasteiger partial charge in [0.1, 0.15) is 5.82 Å². The Labute approximate surface area is 65.6 Å². The van der Waals surface area contributed by atoms with Crippen molar-refractivity contribution in [1.29, 1.82) is 0 Å². The highest BCUT2D eigenvalue weighted by molar-refractivity contribution is 5.29. The van der Waals surface area contributed by atoms with Gasteiger partial charge in [0, 0.05) is 13.6 Å². The van der Waals surface area contributed by atoms with Gasteiger partial charge in [0.2, 0.25) is 0 Å². The van der Waals surface area contributed by atoms with Gasteiger partial charge >= 0.3 is 0 Å². The van der Waals surface area contributed by atoms with Crippen molar-refractivity contribution in [3.8, 4) is 0 Å². The lowest BCUT2D eigenvalue weighted by molar-refractivity contribution is 0.714. The Morgan fingerprint density at radius 2 is 2.55 bits per heavy atom. The van der Waals surface area contributed by atoms with Crippen molar-refractivity contribution in [3.63, 3.8) is 0 Å². The number of anilines is 1. The first-order chi connectivity index (χ1) is 5.34. The zero-order valence-corrected chi connectivity index (χ0v) is 6.62. The van der Waals surface area contributed by atoms with Crippen molar-refractivity contribution in [1.82, 2.24) is 15.0 Å². The fourth-order valence-corrected chi connectivity index (χ4v) is 0.768. The summed E-state index contributed by atoms with van der Waals surface area (Å²) in [5, 5.41) is 10.6. The lowest BCUT2D eigenvalue weighted by Crippen LogP contribution is -2.10. The number of aryl methyl sites for hydroxylation is 1. The highest BCUT2D eigenvalue weighted by atomic mass is 15.4. The lowest BCUT2D eigenvalue weighted by atomic mass is 10.4. The molecule has 0 aliphatic rings. The molecule has 1 aromatic heterocycles. The van der Waals surface area contributed by atoms with E-state index in [1.807, 2.05) is 7.05 Å². The van der Waals surface area contributed by atoms with Crippen LogP contribution >= 0.6 is 0 Å². The molecule has 0 saturated carbocycles. The summed E-state index contributed by atoms with van der Waals surface area (Å²) < 4.78 is 1.69. The van der Waals surface area contributed by atoms with Gasteiger partial charge in [-0.05, 0) is 13.0 Å². The van der Waals surface area contributed by atoms with Crippen LogP contribution in [-0.2, 0) is 7.05 Å². The van der Waals surface area contributed by atoms with E-state index in [9.17, 15) is 0 Å². The molecule has 5 nitrogen and oxygen atoms in total. The number of aromatic nitrogens is 3. The van der Waals surface area contributed by atoms with E-state index in [-0.39, 0.29) is 0 Å². The molecule has 0 aliphatic carbocycles. The molecule has 0 atom stereocenters. The molecule has 1 aromatic rings. The van der Waals surface area contributed by atoms with Crippen LogP contribution in [0.1, 0.15) is 6.42 Å². The van der Waals surface area contributed by atoms with E-state index in [1.54, 1.807) is 10.9 Å². The number of hydrogen-bond donors (Lipinski definition) is 2. The van der Waals surface area contributed by atoms with Crippen LogP contribution in [0.5, 0.6) is 0 Å². The predicted molar refractivity (Wildman–Crippen MR) is 43.2 cm³/mol. The molecule has 0 amide bonds. The second-order valence-electron chi connectivity index (χ2n) is 2.31. The third-order valence-electron chi connectivity index (χ3n) is 1.40. The number of rotatable bonds is 4. The molecule has 5 heteroatoms. The summed E-state index contributed by atoms with van der Waals surface area (Å²) in [4.78, 5) is 0. The summed E-state index contributed by atoms with van der Waals surface area (Å²) >= 11 is 0. The molecule has 0 bridgehead atoms. The minimum absolute atomic E-state index is 0.707. The Morgan fingerprint density at radius 3 is 3.09 bits per heavy atom. The molecule has 0 aromatic carbocycles. The quantitative estimate of drug-likeness (QED) is 0.579. The van der Waals surface area contributed by atoms with Crippen LogP contribution in [-0.4, -0.2) is 28.1 Å². The topological polar surface area (TPSA) is 68.8 Å². The van der Waals surface area contributed by atoms with Crippen LogP contribution in [0.3, 0.4) is 0 Å². The molecule has 1 rings (SSSR count). The number of hydrogen-bond acceptors (Lipinski definition) is 4. The average Bonchev–Trinajstić information content (AvgIpc) is 2.37. The summed E-state index contributed by atoms with van der Waals surface area (Å²) in [6, 6.07) is 0. The Hall–Kier alpha value is -1.10. The molecule has 0 fully saturated rings. The molecule has 0 aliphatic heterocycles. The first-order valence-electron chi connectivity index (χ1n) is 3.63. The van der Waals surface area contributed by atoms with Crippen LogP contribution in [0.25, 0.3) is 0 Å². The SMILES string of the molecule is Cn1nncc1NCCCN. The van der Waals surface area contributed by atoms with Gasteiger partial charge in [-0.15, -0.1) is 5.10 Å². The Balaban J connectivity index is 2.32. The van der Waals surface area contributed by atoms with Gasteiger partial charge in [-0.25, -0.2) is 4.68 Å². The summed E-state index contributed by atoms with van der Waals surface area (Å²) in [6.45, 7) is 1.58. The number of nitrogens with one attached hydrogen (secondary N) is 1. The van der Waals surface area contributed by atoms with Gasteiger partial charge in [-0.1, -0.05) is 5.21 Å². The van der Waals surface area contributed by atoms with Gasteiger partial charge in [0.25, 0.3) is 0 Å². The fraction of sp³-hybridized carbons (Fsp3) is 0.667. The largest absolute Gasteiger partial charge is 0.369 e. The van der Waals surface area contributed by atoms with Crippen LogP contribution in [0.4, 0.5) is 5.82 Å². The maximum absolute atomic E-state index is 5.33. The molecule has 62 valence electrons. The summed E-state index contributed by atoms with van der Waals surface area (Å²) in [7, 11) is 1.85. The van der Waals surface area contributed by atoms with Crippen molar-refractivity contribution in [2.45, 2.75) is 6.42 Å². The van der Waals surface area contributed by atoms with Gasteiger partial charge in [0.15, 0.2) is 0 Å². The van der Waals surface area contributed by atoms with E-state index in [4.69, 9.17) is 5.73 Å². The van der Waals surface area contributed by atoms with Gasteiger partial charge in [0.05, 0.1) is 6.20 Å². The molecule has 0 spiro atoms. The van der Waals surface area contributed by atoms with Crippen LogP contribution in [0.2, 0.25) is 0 Å². The number of nitrogens with zero attached hydrogens (tertiary/aromatic N) is 3. The smallest absolute Gasteiger partial charge is 0.144 e. The fourth-order valence-electron chi connectivity index (χ4n) is 0.768. The highest BCUT2D eigenvalue weighted by Crippen LogP contribution is 1.99. The van der Waals surface area contributed by atoms with E-state index in [2.05, 4.69) is 15.6 Å². The Kier molecular flexibility index (Phi) is 2.85. The summed E-state index contributed by atoms with van der Waals surface area (Å²) in [5.74, 6) is 0.929. The van der Waals surface area contributed by atoms with Gasteiger partial charge in [-0.3, -0.25) is 0 Å². The van der Waals surface area contributed by atoms with E-state index < -0.39 is 0 Å². The maximum Gasteiger partial charge on any atom is 0.144 e. The number of nitrogens with two attached hydrogens (primary N) is 1. The zero-order valence-electron chi connectivity index (χ0n) is 6.62. The predicted octanol–water partition coefficient (Wildman–Crippen LogP) is -0.424. The maximum atomic E-state index is 5.33. The third kappa shape index (κ3) is 2.19. The van der Waals surface area contributed by atoms with Crippen molar-refractivity contribution in [2.24, 2.45) is 12.8 Å². The molecule has 1 heterocycles. The highest BCUT2D eigenvalue weighted by Gasteiger charge is 1.95. The van der Waals surface area contributed by atoms with E-state index in [0.29, 0.717) is 6.54 Å². The molecular formula is C6H13N5. The zero-order chi connectivity index (χ0) is 8.10. The second-order valence-corrected chi connectivity index (χ2v) is 2.31. The van der Waals surface area contributed by atoms with E-state index in [1.165, 1.54) is 0 Å². The van der Waals surface area contributed by atoms with Crippen molar-refractivity contribution in [2.75, 3.05) is 18.4 Å². The molecular weight excluding hydrogens is 142 g/mol. The normalized spacial score (nSPS) is 10.0.